The van der Waals surface area contributed by atoms with Gasteiger partial charge in [0.1, 0.15) is 5.69 Å². The minimum absolute atomic E-state index is 0.00637. The summed E-state index contributed by atoms with van der Waals surface area (Å²) in [5.41, 5.74) is 0.343. The Hall–Kier alpha value is -1.82. The Kier molecular flexibility index (Phi) is 3.38. The van der Waals surface area contributed by atoms with E-state index in [9.17, 15) is 10.1 Å². The minimum Gasteiger partial charge on any atom is -0.490 e. The third-order valence-electron chi connectivity index (χ3n) is 3.21. The number of nitrogens with zero attached hydrogens (tertiary/aromatic N) is 1. The van der Waals surface area contributed by atoms with Gasteiger partial charge in [0.05, 0.1) is 12.0 Å². The number of hydrogen-bond donors (Lipinski definition) is 2. The van der Waals surface area contributed by atoms with Crippen molar-refractivity contribution in [1.29, 1.82) is 0 Å². The predicted molar refractivity (Wildman–Crippen MR) is 69.2 cm³/mol. The molecule has 0 spiro atoms. The van der Waals surface area contributed by atoms with Crippen LogP contribution in [0.2, 0.25) is 0 Å². The Bertz CT molecular complexity index is 456. The van der Waals surface area contributed by atoms with Gasteiger partial charge in [-0.3, -0.25) is 10.1 Å². The van der Waals surface area contributed by atoms with Crippen LogP contribution >= 0.6 is 0 Å². The highest BCUT2D eigenvalue weighted by atomic mass is 16.6. The van der Waals surface area contributed by atoms with Crippen molar-refractivity contribution in [2.24, 2.45) is 0 Å². The van der Waals surface area contributed by atoms with Crippen LogP contribution in [0.4, 0.5) is 11.4 Å². The van der Waals surface area contributed by atoms with Gasteiger partial charge in [-0.25, -0.2) is 0 Å². The largest absolute Gasteiger partial charge is 0.490 e. The highest BCUT2D eigenvalue weighted by Crippen LogP contribution is 2.36. The quantitative estimate of drug-likeness (QED) is 0.630. The van der Waals surface area contributed by atoms with Crippen LogP contribution in [0.15, 0.2) is 18.2 Å². The summed E-state index contributed by atoms with van der Waals surface area (Å²) in [6.45, 7) is 3.76. The second-order valence-electron chi connectivity index (χ2n) is 4.73. The normalized spacial score (nSPS) is 22.8. The van der Waals surface area contributed by atoms with Crippen LogP contribution in [0.3, 0.4) is 0 Å². The SMILES string of the molecule is COc1cccc(NC2(C)CCNC2)c1[N+](=O)[O-]. The fraction of sp³-hybridized carbons (Fsp3) is 0.500. The first-order valence-corrected chi connectivity index (χ1v) is 5.86. The van der Waals surface area contributed by atoms with E-state index in [2.05, 4.69) is 17.6 Å². The molecular weight excluding hydrogens is 234 g/mol. The van der Waals surface area contributed by atoms with Crippen molar-refractivity contribution in [3.63, 3.8) is 0 Å². The van der Waals surface area contributed by atoms with Gasteiger partial charge in [0.25, 0.3) is 0 Å². The molecule has 0 bridgehead atoms. The van der Waals surface area contributed by atoms with E-state index in [1.807, 2.05) is 0 Å². The first-order valence-electron chi connectivity index (χ1n) is 5.86. The number of hydrogen-bond acceptors (Lipinski definition) is 5. The number of para-hydroxylation sites is 1. The van der Waals surface area contributed by atoms with Crippen molar-refractivity contribution in [2.75, 3.05) is 25.5 Å². The van der Waals surface area contributed by atoms with Crippen molar-refractivity contribution < 1.29 is 9.66 Å². The first kappa shape index (κ1) is 12.6. The predicted octanol–water partition coefficient (Wildman–Crippen LogP) is 1.77. The summed E-state index contributed by atoms with van der Waals surface area (Å²) in [6.07, 6.45) is 0.932. The summed E-state index contributed by atoms with van der Waals surface area (Å²) in [6, 6.07) is 5.06. The highest BCUT2D eigenvalue weighted by molar-refractivity contribution is 5.69. The Labute approximate surface area is 105 Å². The van der Waals surface area contributed by atoms with Gasteiger partial charge in [-0.05, 0) is 32.0 Å². The summed E-state index contributed by atoms with van der Waals surface area (Å²) >= 11 is 0. The van der Waals surface area contributed by atoms with Crippen molar-refractivity contribution in [1.82, 2.24) is 5.32 Å². The van der Waals surface area contributed by atoms with Gasteiger partial charge in [0.15, 0.2) is 5.75 Å². The molecule has 6 nitrogen and oxygen atoms in total. The molecule has 0 aliphatic carbocycles. The molecule has 0 amide bonds. The number of ether oxygens (including phenoxy) is 1. The van der Waals surface area contributed by atoms with Gasteiger partial charge in [-0.15, -0.1) is 0 Å². The summed E-state index contributed by atoms with van der Waals surface area (Å²) in [7, 11) is 1.44. The number of nitrogens with one attached hydrogen (secondary N) is 2. The molecule has 0 aromatic heterocycles. The molecule has 6 heteroatoms. The summed E-state index contributed by atoms with van der Waals surface area (Å²) in [4.78, 5) is 10.7. The van der Waals surface area contributed by atoms with Crippen LogP contribution in [0.25, 0.3) is 0 Å². The maximum atomic E-state index is 11.1. The maximum absolute atomic E-state index is 11.1. The number of nitro groups is 1. The van der Waals surface area contributed by atoms with Gasteiger partial charge >= 0.3 is 5.69 Å². The Balaban J connectivity index is 2.35. The molecular formula is C12H17N3O3. The van der Waals surface area contributed by atoms with Crippen LogP contribution in [0.1, 0.15) is 13.3 Å². The summed E-state index contributed by atoms with van der Waals surface area (Å²) in [5, 5.41) is 17.7. The number of nitro benzene ring substituents is 1. The highest BCUT2D eigenvalue weighted by Gasteiger charge is 2.31. The van der Waals surface area contributed by atoms with Crippen molar-refractivity contribution >= 4 is 11.4 Å². The van der Waals surface area contributed by atoms with Crippen molar-refractivity contribution in [3.8, 4) is 5.75 Å². The molecule has 0 saturated carbocycles. The Morgan fingerprint density at radius 1 is 1.56 bits per heavy atom. The van der Waals surface area contributed by atoms with Crippen LogP contribution in [-0.2, 0) is 0 Å². The monoisotopic (exact) mass is 251 g/mol. The van der Waals surface area contributed by atoms with Crippen LogP contribution < -0.4 is 15.4 Å². The second kappa shape index (κ2) is 4.81. The van der Waals surface area contributed by atoms with Crippen molar-refractivity contribution in [3.05, 3.63) is 28.3 Å². The van der Waals surface area contributed by atoms with E-state index >= 15 is 0 Å². The average molecular weight is 251 g/mol. The van der Waals surface area contributed by atoms with Gasteiger partial charge in [-0.1, -0.05) is 6.07 Å². The number of benzene rings is 1. The number of rotatable bonds is 4. The molecule has 1 fully saturated rings. The molecule has 0 radical (unpaired) electrons. The van der Waals surface area contributed by atoms with E-state index in [0.29, 0.717) is 5.69 Å². The lowest BCUT2D eigenvalue weighted by atomic mass is 10.0. The fourth-order valence-corrected chi connectivity index (χ4v) is 2.22. The van der Waals surface area contributed by atoms with E-state index in [-0.39, 0.29) is 17.0 Å². The van der Waals surface area contributed by atoms with E-state index in [1.165, 1.54) is 7.11 Å². The summed E-state index contributed by atoms with van der Waals surface area (Å²) < 4.78 is 5.05. The Morgan fingerprint density at radius 3 is 2.89 bits per heavy atom. The van der Waals surface area contributed by atoms with Crippen LogP contribution in [-0.4, -0.2) is 30.7 Å². The molecule has 1 aromatic rings. The molecule has 1 atom stereocenters. The van der Waals surface area contributed by atoms with E-state index in [0.717, 1.165) is 19.5 Å². The maximum Gasteiger partial charge on any atom is 0.333 e. The molecule has 1 saturated heterocycles. The third kappa shape index (κ3) is 2.38. The molecule has 1 aliphatic heterocycles. The van der Waals surface area contributed by atoms with Gasteiger partial charge in [-0.2, -0.15) is 0 Å². The zero-order chi connectivity index (χ0) is 13.2. The van der Waals surface area contributed by atoms with Gasteiger partial charge < -0.3 is 15.4 Å². The van der Waals surface area contributed by atoms with Crippen LogP contribution in [0.5, 0.6) is 5.75 Å². The number of methoxy groups -OCH3 is 1. The molecule has 1 unspecified atom stereocenters. The lowest BCUT2D eigenvalue weighted by molar-refractivity contribution is -0.384. The Morgan fingerprint density at radius 2 is 2.33 bits per heavy atom. The van der Waals surface area contributed by atoms with Crippen molar-refractivity contribution in [2.45, 2.75) is 18.9 Å². The smallest absolute Gasteiger partial charge is 0.333 e. The first-order chi connectivity index (χ1) is 8.56. The summed E-state index contributed by atoms with van der Waals surface area (Å²) in [5.74, 6) is 0.277. The van der Waals surface area contributed by atoms with Crippen LogP contribution in [0, 0.1) is 10.1 Å². The average Bonchev–Trinajstić information content (AvgIpc) is 2.75. The molecule has 98 valence electrons. The molecule has 1 aliphatic rings. The molecule has 18 heavy (non-hydrogen) atoms. The second-order valence-corrected chi connectivity index (χ2v) is 4.73. The zero-order valence-corrected chi connectivity index (χ0v) is 10.5. The topological polar surface area (TPSA) is 76.4 Å². The van der Waals surface area contributed by atoms with Gasteiger partial charge in [0, 0.05) is 12.1 Å². The zero-order valence-electron chi connectivity index (χ0n) is 10.5. The minimum atomic E-state index is -0.410. The molecule has 1 heterocycles. The number of anilines is 1. The van der Waals surface area contributed by atoms with E-state index in [4.69, 9.17) is 4.74 Å². The van der Waals surface area contributed by atoms with E-state index in [1.54, 1.807) is 18.2 Å². The molecule has 1 aromatic carbocycles. The fourth-order valence-electron chi connectivity index (χ4n) is 2.22. The third-order valence-corrected chi connectivity index (χ3v) is 3.21. The van der Waals surface area contributed by atoms with E-state index < -0.39 is 4.92 Å². The lowest BCUT2D eigenvalue weighted by Crippen LogP contribution is -2.37. The molecule has 2 N–H and O–H groups in total. The van der Waals surface area contributed by atoms with Gasteiger partial charge in [0.2, 0.25) is 0 Å². The molecule has 2 rings (SSSR count). The lowest BCUT2D eigenvalue weighted by Gasteiger charge is -2.25. The standard InChI is InChI=1S/C12H17N3O3/c1-12(6-7-13-8-12)14-9-4-3-5-10(18-2)11(9)15(16)17/h3-5,13-14H,6-8H2,1-2H3.